The number of likely N-dealkylation sites (tertiary alicyclic amines) is 1. The van der Waals surface area contributed by atoms with Gasteiger partial charge in [-0.3, -0.25) is 19.5 Å². The molecule has 6 rings (SSSR count). The molecule has 6 nitrogen and oxygen atoms in total. The first-order valence-electron chi connectivity index (χ1n) is 11.4. The van der Waals surface area contributed by atoms with E-state index in [1.54, 1.807) is 17.5 Å². The van der Waals surface area contributed by atoms with Gasteiger partial charge < -0.3 is 10.1 Å². The molecule has 0 spiro atoms. The summed E-state index contributed by atoms with van der Waals surface area (Å²) in [7, 11) is 0. The first-order chi connectivity index (χ1) is 16.0. The van der Waals surface area contributed by atoms with Gasteiger partial charge in [-0.15, -0.1) is 11.3 Å². The van der Waals surface area contributed by atoms with Crippen LogP contribution < -0.4 is 10.1 Å². The lowest BCUT2D eigenvalue weighted by Crippen LogP contribution is -2.40. The molecule has 3 aliphatic rings. The van der Waals surface area contributed by atoms with E-state index in [0.29, 0.717) is 36.4 Å². The van der Waals surface area contributed by atoms with Gasteiger partial charge in [-0.1, -0.05) is 11.6 Å². The number of pyridine rings is 1. The van der Waals surface area contributed by atoms with E-state index in [4.69, 9.17) is 16.3 Å². The van der Waals surface area contributed by atoms with Gasteiger partial charge in [0, 0.05) is 46.1 Å². The summed E-state index contributed by atoms with van der Waals surface area (Å²) in [6.07, 6.45) is 4.80. The lowest BCUT2D eigenvalue weighted by atomic mass is 10.0. The Labute approximate surface area is 200 Å². The number of hydrogen-bond donors (Lipinski definition) is 1. The third-order valence-electron chi connectivity index (χ3n) is 7.00. The molecule has 1 aromatic carbocycles. The second kappa shape index (κ2) is 8.08. The fourth-order valence-electron chi connectivity index (χ4n) is 5.40. The third kappa shape index (κ3) is 3.72. The fourth-order valence-corrected chi connectivity index (χ4v) is 6.80. The lowest BCUT2D eigenvalue weighted by Gasteiger charge is -2.26. The van der Waals surface area contributed by atoms with E-state index in [-0.39, 0.29) is 17.9 Å². The maximum atomic E-state index is 12.1. The highest BCUT2D eigenvalue weighted by molar-refractivity contribution is 7.19. The summed E-state index contributed by atoms with van der Waals surface area (Å²) in [5, 5.41) is 4.24. The zero-order valence-corrected chi connectivity index (χ0v) is 19.8. The second-order valence-corrected chi connectivity index (χ2v) is 10.8. The van der Waals surface area contributed by atoms with E-state index < -0.39 is 0 Å². The average Bonchev–Trinajstić information content (AvgIpc) is 3.56. The van der Waals surface area contributed by atoms with Crippen LogP contribution in [0.15, 0.2) is 30.5 Å². The van der Waals surface area contributed by atoms with Crippen LogP contribution in [0, 0.1) is 12.8 Å². The van der Waals surface area contributed by atoms with Crippen molar-refractivity contribution in [2.24, 2.45) is 5.92 Å². The summed E-state index contributed by atoms with van der Waals surface area (Å²) in [6.45, 7) is 3.42. The molecule has 8 heteroatoms. The Kier molecular flexibility index (Phi) is 5.16. The summed E-state index contributed by atoms with van der Waals surface area (Å²) in [4.78, 5) is 31.0. The zero-order valence-electron chi connectivity index (χ0n) is 18.3. The van der Waals surface area contributed by atoms with Crippen molar-refractivity contribution in [2.75, 3.05) is 6.54 Å². The minimum atomic E-state index is -0.105. The Morgan fingerprint density at radius 1 is 1.18 bits per heavy atom. The van der Waals surface area contributed by atoms with E-state index in [1.807, 2.05) is 31.2 Å². The summed E-state index contributed by atoms with van der Waals surface area (Å²) in [5.74, 6) is 1.35. The Hall–Kier alpha value is -2.48. The molecule has 2 amide bonds. The van der Waals surface area contributed by atoms with Gasteiger partial charge in [-0.05, 0) is 62.1 Å². The summed E-state index contributed by atoms with van der Waals surface area (Å²) in [6, 6.07) is 8.28. The number of rotatable bonds is 5. The minimum Gasteiger partial charge on any atom is -0.488 e. The Bertz CT molecular complexity index is 1270. The SMILES string of the molecule is Cc1cc(Cl)cc(-c2ccnc3cc(CN4C(=O)CCC4=O)sc23)c1O[C@@H]1C[C@H]2CN[C@@H]1C2. The number of imide groups is 1. The molecule has 3 atom stereocenters. The van der Waals surface area contributed by atoms with Crippen molar-refractivity contribution in [2.45, 2.75) is 51.3 Å². The molecular formula is C25H24ClN3O3S. The monoisotopic (exact) mass is 481 g/mol. The van der Waals surface area contributed by atoms with Crippen molar-refractivity contribution < 1.29 is 14.3 Å². The minimum absolute atomic E-state index is 0.105. The van der Waals surface area contributed by atoms with Gasteiger partial charge >= 0.3 is 0 Å². The first kappa shape index (κ1) is 21.1. The molecular weight excluding hydrogens is 458 g/mol. The Morgan fingerprint density at radius 2 is 2.00 bits per heavy atom. The van der Waals surface area contributed by atoms with Gasteiger partial charge in [-0.25, -0.2) is 0 Å². The summed E-state index contributed by atoms with van der Waals surface area (Å²) >= 11 is 8.06. The quantitative estimate of drug-likeness (QED) is 0.535. The number of carbonyl (C=O) groups excluding carboxylic acids is 2. The van der Waals surface area contributed by atoms with Crippen LogP contribution >= 0.6 is 22.9 Å². The van der Waals surface area contributed by atoms with Gasteiger partial charge in [0.05, 0.1) is 16.8 Å². The molecule has 0 unspecified atom stereocenters. The molecule has 1 aliphatic carbocycles. The van der Waals surface area contributed by atoms with Crippen molar-refractivity contribution in [1.82, 2.24) is 15.2 Å². The number of halogens is 1. The molecule has 2 aromatic heterocycles. The number of aryl methyl sites for hydroxylation is 1. The number of nitrogens with zero attached hydrogens (tertiary/aromatic N) is 2. The average molecular weight is 482 g/mol. The zero-order chi connectivity index (χ0) is 22.7. The van der Waals surface area contributed by atoms with Gasteiger partial charge in [0.25, 0.3) is 0 Å². The second-order valence-electron chi connectivity index (χ2n) is 9.27. The molecule has 2 saturated heterocycles. The number of ether oxygens (including phenoxy) is 1. The molecule has 1 N–H and O–H groups in total. The maximum Gasteiger partial charge on any atom is 0.230 e. The van der Waals surface area contributed by atoms with Gasteiger partial charge in [0.2, 0.25) is 11.8 Å². The van der Waals surface area contributed by atoms with Crippen LogP contribution in [0.5, 0.6) is 5.75 Å². The topological polar surface area (TPSA) is 71.5 Å². The van der Waals surface area contributed by atoms with Crippen LogP contribution in [-0.2, 0) is 16.1 Å². The molecule has 3 aromatic rings. The number of nitrogens with one attached hydrogen (secondary N) is 1. The van der Waals surface area contributed by atoms with Crippen LogP contribution in [0.1, 0.15) is 36.1 Å². The number of fused-ring (bicyclic) bond motifs is 3. The number of thiophene rings is 1. The number of benzene rings is 1. The summed E-state index contributed by atoms with van der Waals surface area (Å²) < 4.78 is 7.64. The van der Waals surface area contributed by atoms with Gasteiger partial charge in [0.15, 0.2) is 0 Å². The van der Waals surface area contributed by atoms with Crippen molar-refractivity contribution in [3.05, 3.63) is 45.9 Å². The smallest absolute Gasteiger partial charge is 0.230 e. The standard InChI is InChI=1S/C25H24ClN3O3S/c1-13-6-15(26)9-18(24(13)32-21-8-14-7-19(21)28-11-14)17-4-5-27-20-10-16(33-25(17)20)12-29-22(30)2-3-23(29)31/h4-6,9-10,14,19,21,28H,2-3,7-8,11-12H2,1H3/t14-,19+,21+/m0/s1. The highest BCUT2D eigenvalue weighted by Gasteiger charge is 2.41. The van der Waals surface area contributed by atoms with Crippen molar-refractivity contribution in [1.29, 1.82) is 0 Å². The molecule has 1 saturated carbocycles. The molecule has 2 aliphatic heterocycles. The van der Waals surface area contributed by atoms with Crippen molar-refractivity contribution >= 4 is 45.0 Å². The van der Waals surface area contributed by atoms with Crippen molar-refractivity contribution in [3.63, 3.8) is 0 Å². The molecule has 0 radical (unpaired) electrons. The molecule has 33 heavy (non-hydrogen) atoms. The van der Waals surface area contributed by atoms with Crippen LogP contribution in [0.3, 0.4) is 0 Å². The van der Waals surface area contributed by atoms with E-state index in [1.165, 1.54) is 11.3 Å². The molecule has 4 heterocycles. The number of amides is 2. The molecule has 170 valence electrons. The number of piperidine rings is 1. The van der Waals surface area contributed by atoms with Crippen LogP contribution in [0.25, 0.3) is 21.3 Å². The largest absolute Gasteiger partial charge is 0.488 e. The predicted molar refractivity (Wildman–Crippen MR) is 129 cm³/mol. The normalized spacial score (nSPS) is 24.4. The van der Waals surface area contributed by atoms with Gasteiger partial charge in [-0.2, -0.15) is 0 Å². The number of hydrogen-bond acceptors (Lipinski definition) is 6. The predicted octanol–water partition coefficient (Wildman–Crippen LogP) is 4.70. The number of aromatic nitrogens is 1. The molecule has 2 bridgehead atoms. The fraction of sp³-hybridized carbons (Fsp3) is 0.400. The highest BCUT2D eigenvalue weighted by Crippen LogP contribution is 2.44. The van der Waals surface area contributed by atoms with E-state index in [0.717, 1.165) is 50.5 Å². The van der Waals surface area contributed by atoms with E-state index >= 15 is 0 Å². The van der Waals surface area contributed by atoms with Gasteiger partial charge in [0.1, 0.15) is 11.9 Å². The third-order valence-corrected chi connectivity index (χ3v) is 8.36. The Balaban J connectivity index is 1.39. The van der Waals surface area contributed by atoms with Crippen molar-refractivity contribution in [3.8, 4) is 16.9 Å². The van der Waals surface area contributed by atoms with Crippen LogP contribution in [0.4, 0.5) is 0 Å². The van der Waals surface area contributed by atoms with E-state index in [9.17, 15) is 9.59 Å². The highest BCUT2D eigenvalue weighted by atomic mass is 35.5. The Morgan fingerprint density at radius 3 is 2.73 bits per heavy atom. The molecule has 3 fully saturated rings. The van der Waals surface area contributed by atoms with Crippen LogP contribution in [-0.4, -0.2) is 40.4 Å². The van der Waals surface area contributed by atoms with E-state index in [2.05, 4.69) is 10.3 Å². The van der Waals surface area contributed by atoms with Crippen LogP contribution in [0.2, 0.25) is 5.02 Å². The first-order valence-corrected chi connectivity index (χ1v) is 12.6. The maximum absolute atomic E-state index is 12.1. The lowest BCUT2D eigenvalue weighted by molar-refractivity contribution is -0.138. The summed E-state index contributed by atoms with van der Waals surface area (Å²) in [5.41, 5.74) is 3.82. The number of carbonyl (C=O) groups is 2.